The molecule has 1 amide bonds. The summed E-state index contributed by atoms with van der Waals surface area (Å²) in [6, 6.07) is 4.61. The van der Waals surface area contributed by atoms with Crippen molar-refractivity contribution in [2.45, 2.75) is 25.8 Å². The lowest BCUT2D eigenvalue weighted by atomic mass is 9.76. The molecule has 1 unspecified atom stereocenters. The maximum atomic E-state index is 14.0. The molecular weight excluding hydrogens is 289 g/mol. The molecule has 1 aliphatic rings. The molecule has 0 aliphatic heterocycles. The van der Waals surface area contributed by atoms with Crippen molar-refractivity contribution in [1.29, 1.82) is 0 Å². The molecule has 5 nitrogen and oxygen atoms in total. The first-order chi connectivity index (χ1) is 10.5. The number of carboxylic acids is 1. The summed E-state index contributed by atoms with van der Waals surface area (Å²) in [5, 5.41) is 11.9. The van der Waals surface area contributed by atoms with E-state index in [2.05, 4.69) is 5.32 Å². The highest BCUT2D eigenvalue weighted by atomic mass is 19.1. The Morgan fingerprint density at radius 2 is 2.18 bits per heavy atom. The molecule has 1 aliphatic carbocycles. The van der Waals surface area contributed by atoms with E-state index in [9.17, 15) is 19.1 Å². The van der Waals surface area contributed by atoms with Crippen molar-refractivity contribution >= 4 is 11.9 Å². The zero-order valence-electron chi connectivity index (χ0n) is 12.3. The lowest BCUT2D eigenvalue weighted by Crippen LogP contribution is -2.46. The molecule has 0 saturated carbocycles. The minimum atomic E-state index is -1.47. The van der Waals surface area contributed by atoms with Gasteiger partial charge in [0.15, 0.2) is 11.6 Å². The molecule has 1 atom stereocenters. The van der Waals surface area contributed by atoms with Gasteiger partial charge >= 0.3 is 5.97 Å². The Morgan fingerprint density at radius 3 is 2.77 bits per heavy atom. The summed E-state index contributed by atoms with van der Waals surface area (Å²) in [4.78, 5) is 23.8. The fourth-order valence-electron chi connectivity index (χ4n) is 2.53. The van der Waals surface area contributed by atoms with Crippen LogP contribution >= 0.6 is 0 Å². The Morgan fingerprint density at radius 1 is 1.41 bits per heavy atom. The number of carboxylic acid groups (broad SMARTS) is 1. The van der Waals surface area contributed by atoms with Crippen LogP contribution in [-0.4, -0.2) is 24.1 Å². The predicted molar refractivity (Wildman–Crippen MR) is 77.9 cm³/mol. The van der Waals surface area contributed by atoms with Gasteiger partial charge in [0, 0.05) is 12.1 Å². The van der Waals surface area contributed by atoms with Gasteiger partial charge in [0.1, 0.15) is 5.41 Å². The van der Waals surface area contributed by atoms with Gasteiger partial charge in [-0.1, -0.05) is 24.3 Å². The van der Waals surface area contributed by atoms with Crippen molar-refractivity contribution in [3.8, 4) is 5.75 Å². The van der Waals surface area contributed by atoms with Crippen molar-refractivity contribution < 1.29 is 23.8 Å². The van der Waals surface area contributed by atoms with Crippen LogP contribution < -0.4 is 10.1 Å². The van der Waals surface area contributed by atoms with Gasteiger partial charge in [-0.15, -0.1) is 0 Å². The highest BCUT2D eigenvalue weighted by Gasteiger charge is 2.45. The smallest absolute Gasteiger partial charge is 0.319 e. The first-order valence-corrected chi connectivity index (χ1v) is 6.99. The third-order valence-electron chi connectivity index (χ3n) is 3.92. The summed E-state index contributed by atoms with van der Waals surface area (Å²) < 4.78 is 18.9. The zero-order chi connectivity index (χ0) is 16.2. The van der Waals surface area contributed by atoms with Gasteiger partial charge in [0.05, 0.1) is 7.11 Å². The Hall–Kier alpha value is -2.37. The number of halogens is 1. The molecule has 0 fully saturated rings. The first kappa shape index (κ1) is 16.0. The predicted octanol–water partition coefficient (Wildman–Crippen LogP) is 2.26. The number of nitrogens with one attached hydrogen (secondary N) is 1. The van der Waals surface area contributed by atoms with Crippen LogP contribution in [0.15, 0.2) is 30.4 Å². The lowest BCUT2D eigenvalue weighted by Gasteiger charge is -2.29. The van der Waals surface area contributed by atoms with Crippen LogP contribution in [0.5, 0.6) is 5.75 Å². The topological polar surface area (TPSA) is 75.6 Å². The molecule has 118 valence electrons. The Kier molecular flexibility index (Phi) is 4.80. The van der Waals surface area contributed by atoms with Crippen LogP contribution in [0.2, 0.25) is 0 Å². The van der Waals surface area contributed by atoms with Crippen LogP contribution in [0.3, 0.4) is 0 Å². The zero-order valence-corrected chi connectivity index (χ0v) is 12.3. The molecular formula is C16H18FNO4. The van der Waals surface area contributed by atoms with E-state index in [1.165, 1.54) is 19.2 Å². The summed E-state index contributed by atoms with van der Waals surface area (Å²) in [7, 11) is 1.36. The molecule has 2 N–H and O–H groups in total. The Labute approximate surface area is 127 Å². The largest absolute Gasteiger partial charge is 0.494 e. The molecule has 0 spiro atoms. The third-order valence-corrected chi connectivity index (χ3v) is 3.92. The van der Waals surface area contributed by atoms with E-state index in [-0.39, 0.29) is 30.7 Å². The molecule has 2 rings (SSSR count). The normalized spacial score (nSPS) is 20.5. The fourth-order valence-corrected chi connectivity index (χ4v) is 2.53. The van der Waals surface area contributed by atoms with Gasteiger partial charge in [-0.2, -0.15) is 0 Å². The number of allylic oxidation sites excluding steroid dienone is 2. The molecule has 0 radical (unpaired) electrons. The molecule has 0 saturated heterocycles. The molecule has 0 heterocycles. The maximum Gasteiger partial charge on any atom is 0.319 e. The minimum absolute atomic E-state index is 0.0827. The Balaban J connectivity index is 2.12. The number of amides is 1. The van der Waals surface area contributed by atoms with E-state index < -0.39 is 23.1 Å². The van der Waals surface area contributed by atoms with Crippen molar-refractivity contribution in [2.75, 3.05) is 7.11 Å². The quantitative estimate of drug-likeness (QED) is 0.646. The van der Waals surface area contributed by atoms with Crippen LogP contribution in [0.4, 0.5) is 4.39 Å². The van der Waals surface area contributed by atoms with Crippen molar-refractivity contribution in [3.05, 3.63) is 41.7 Å². The second-order valence-corrected chi connectivity index (χ2v) is 5.22. The second kappa shape index (κ2) is 6.60. The molecule has 0 aromatic heterocycles. The van der Waals surface area contributed by atoms with E-state index in [0.717, 1.165) is 0 Å². The van der Waals surface area contributed by atoms with Gasteiger partial charge in [0.25, 0.3) is 0 Å². The van der Waals surface area contributed by atoms with E-state index in [1.807, 2.05) is 6.08 Å². The first-order valence-electron chi connectivity index (χ1n) is 6.99. The Bertz CT molecular complexity index is 614. The van der Waals surface area contributed by atoms with Crippen molar-refractivity contribution in [3.63, 3.8) is 0 Å². The molecule has 1 aromatic carbocycles. The molecule has 1 aromatic rings. The van der Waals surface area contributed by atoms with E-state index in [4.69, 9.17) is 4.74 Å². The number of carbonyl (C=O) groups is 2. The van der Waals surface area contributed by atoms with E-state index >= 15 is 0 Å². The fraction of sp³-hybridized carbons (Fsp3) is 0.375. The van der Waals surface area contributed by atoms with E-state index in [0.29, 0.717) is 6.42 Å². The number of rotatable bonds is 5. The van der Waals surface area contributed by atoms with Gasteiger partial charge in [-0.25, -0.2) is 4.39 Å². The van der Waals surface area contributed by atoms with Crippen molar-refractivity contribution in [1.82, 2.24) is 5.32 Å². The van der Waals surface area contributed by atoms with Crippen LogP contribution in [0.1, 0.15) is 24.8 Å². The highest BCUT2D eigenvalue weighted by Crippen LogP contribution is 2.33. The number of carbonyl (C=O) groups excluding carboxylic acids is 1. The number of methoxy groups -OCH3 is 1. The van der Waals surface area contributed by atoms with E-state index in [1.54, 1.807) is 12.1 Å². The molecule has 22 heavy (non-hydrogen) atoms. The highest BCUT2D eigenvalue weighted by molar-refractivity contribution is 6.02. The summed E-state index contributed by atoms with van der Waals surface area (Å²) >= 11 is 0. The van der Waals surface area contributed by atoms with Crippen molar-refractivity contribution in [2.24, 2.45) is 5.41 Å². The van der Waals surface area contributed by atoms with Gasteiger partial charge in [-0.3, -0.25) is 9.59 Å². The van der Waals surface area contributed by atoms with Crippen LogP contribution in [-0.2, 0) is 16.1 Å². The number of benzene rings is 1. The average molecular weight is 307 g/mol. The van der Waals surface area contributed by atoms with Gasteiger partial charge in [-0.05, 0) is 25.3 Å². The SMILES string of the molecule is COc1cccc(CNC(=O)C2(C(=O)O)CC=CCC2)c1F. The minimum Gasteiger partial charge on any atom is -0.494 e. The van der Waals surface area contributed by atoms with Crippen LogP contribution in [0.25, 0.3) is 0 Å². The second-order valence-electron chi connectivity index (χ2n) is 5.22. The summed E-state index contributed by atoms with van der Waals surface area (Å²) in [6.07, 6.45) is 4.48. The van der Waals surface area contributed by atoms with Gasteiger partial charge in [0.2, 0.25) is 5.91 Å². The monoisotopic (exact) mass is 307 g/mol. The summed E-state index contributed by atoms with van der Waals surface area (Å²) in [5.41, 5.74) is -1.22. The standard InChI is InChI=1S/C16H18FNO4/c1-22-12-7-5-6-11(13(12)17)10-18-14(19)16(15(20)21)8-3-2-4-9-16/h2-3,5-7H,4,8-10H2,1H3,(H,18,19)(H,20,21). The van der Waals surface area contributed by atoms with Crippen LogP contribution in [0, 0.1) is 11.2 Å². The summed E-state index contributed by atoms with van der Waals surface area (Å²) in [6.45, 7) is -0.0827. The maximum absolute atomic E-state index is 14.0. The summed E-state index contributed by atoms with van der Waals surface area (Å²) in [5.74, 6) is -2.22. The molecule has 0 bridgehead atoms. The number of hydrogen-bond acceptors (Lipinski definition) is 3. The van der Waals surface area contributed by atoms with Gasteiger partial charge < -0.3 is 15.2 Å². The molecule has 6 heteroatoms. The third kappa shape index (κ3) is 2.95. The average Bonchev–Trinajstić information content (AvgIpc) is 2.54. The number of hydrogen-bond donors (Lipinski definition) is 2. The number of ether oxygens (including phenoxy) is 1. The lowest BCUT2D eigenvalue weighted by molar-refractivity contribution is -0.156. The number of aliphatic carboxylic acids is 1.